The summed E-state index contributed by atoms with van der Waals surface area (Å²) < 4.78 is 0. The summed E-state index contributed by atoms with van der Waals surface area (Å²) in [5, 5.41) is 3.22. The number of nitrogens with zero attached hydrogens (tertiary/aromatic N) is 1. The molecule has 1 atom stereocenters. The van der Waals surface area contributed by atoms with Crippen LogP contribution in [0, 0.1) is 0 Å². The number of nitrogens with one attached hydrogen (secondary N) is 1. The van der Waals surface area contributed by atoms with Crippen molar-refractivity contribution in [1.29, 1.82) is 0 Å². The number of anilines is 1. The van der Waals surface area contributed by atoms with E-state index in [9.17, 15) is 4.79 Å². The van der Waals surface area contributed by atoms with E-state index in [1.54, 1.807) is 0 Å². The van der Waals surface area contributed by atoms with Gasteiger partial charge in [-0.25, -0.2) is 0 Å². The van der Waals surface area contributed by atoms with Crippen LogP contribution in [0.5, 0.6) is 0 Å². The van der Waals surface area contributed by atoms with Crippen LogP contribution in [0.2, 0.25) is 0 Å². The Morgan fingerprint density at radius 1 is 1.53 bits per heavy atom. The van der Waals surface area contributed by atoms with Crippen LogP contribution >= 0.6 is 0 Å². The van der Waals surface area contributed by atoms with Crippen LogP contribution in [0.4, 0.5) is 5.69 Å². The van der Waals surface area contributed by atoms with Crippen LogP contribution < -0.4 is 16.0 Å². The second-order valence-corrected chi connectivity index (χ2v) is 5.20. The zero-order valence-corrected chi connectivity index (χ0v) is 11.8. The van der Waals surface area contributed by atoms with E-state index < -0.39 is 0 Å². The highest BCUT2D eigenvalue weighted by Crippen LogP contribution is 2.28. The normalized spacial score (nSPS) is 16.0. The van der Waals surface area contributed by atoms with Crippen LogP contribution in [-0.2, 0) is 11.2 Å². The predicted molar refractivity (Wildman–Crippen MR) is 78.3 cm³/mol. The summed E-state index contributed by atoms with van der Waals surface area (Å²) in [6.45, 7) is 3.97. The second-order valence-electron chi connectivity index (χ2n) is 5.20. The minimum Gasteiger partial charge on any atom is -0.374 e. The molecular weight excluding hydrogens is 238 g/mol. The summed E-state index contributed by atoms with van der Waals surface area (Å²) in [5.41, 5.74) is 9.07. The molecule has 4 nitrogen and oxygen atoms in total. The topological polar surface area (TPSA) is 58.4 Å². The molecule has 0 spiro atoms. The first-order chi connectivity index (χ1) is 9.13. The van der Waals surface area contributed by atoms with Gasteiger partial charge in [0.05, 0.1) is 0 Å². The number of amides is 1. The summed E-state index contributed by atoms with van der Waals surface area (Å²) in [6, 6.07) is 5.87. The quantitative estimate of drug-likeness (QED) is 0.846. The standard InChI is InChI=1S/C15H23N3O/c1-3-8-17-14(15(16)19)12-6-7-13-11(10-12)5-4-9-18(13)2/h6-7,10,14,17H,3-5,8-9H2,1-2H3,(H2,16,19). The largest absolute Gasteiger partial charge is 0.374 e. The van der Waals surface area contributed by atoms with Crippen molar-refractivity contribution in [3.8, 4) is 0 Å². The highest BCUT2D eigenvalue weighted by atomic mass is 16.1. The van der Waals surface area contributed by atoms with E-state index in [1.807, 2.05) is 6.07 Å². The molecule has 0 saturated heterocycles. The number of rotatable bonds is 5. The Bertz CT molecular complexity index is 459. The van der Waals surface area contributed by atoms with Gasteiger partial charge in [0, 0.05) is 19.3 Å². The Morgan fingerprint density at radius 2 is 2.32 bits per heavy atom. The molecule has 0 fully saturated rings. The third-order valence-corrected chi connectivity index (χ3v) is 3.67. The number of carbonyl (C=O) groups is 1. The fourth-order valence-corrected chi connectivity index (χ4v) is 2.66. The molecule has 1 unspecified atom stereocenters. The van der Waals surface area contributed by atoms with Crippen LogP contribution in [0.1, 0.15) is 36.9 Å². The van der Waals surface area contributed by atoms with Gasteiger partial charge in [-0.15, -0.1) is 0 Å². The lowest BCUT2D eigenvalue weighted by atomic mass is 9.96. The van der Waals surface area contributed by atoms with Crippen molar-refractivity contribution in [1.82, 2.24) is 5.32 Å². The SMILES string of the molecule is CCCNC(C(N)=O)c1ccc2c(c1)CCCN2C. The summed E-state index contributed by atoms with van der Waals surface area (Å²) in [5.74, 6) is -0.308. The van der Waals surface area contributed by atoms with Gasteiger partial charge in [-0.05, 0) is 43.0 Å². The Kier molecular flexibility index (Phi) is 4.43. The van der Waals surface area contributed by atoms with Gasteiger partial charge in [-0.1, -0.05) is 19.1 Å². The Morgan fingerprint density at radius 3 is 3.00 bits per heavy atom. The van der Waals surface area contributed by atoms with Gasteiger partial charge < -0.3 is 16.0 Å². The van der Waals surface area contributed by atoms with E-state index in [-0.39, 0.29) is 11.9 Å². The minimum atomic E-state index is -0.377. The molecule has 104 valence electrons. The van der Waals surface area contributed by atoms with Crippen molar-refractivity contribution < 1.29 is 4.79 Å². The molecule has 1 heterocycles. The van der Waals surface area contributed by atoms with Gasteiger partial charge in [0.25, 0.3) is 0 Å². The van der Waals surface area contributed by atoms with Crippen LogP contribution in [0.25, 0.3) is 0 Å². The monoisotopic (exact) mass is 261 g/mol. The molecule has 0 aromatic heterocycles. The number of nitrogens with two attached hydrogens (primary N) is 1. The lowest BCUT2D eigenvalue weighted by molar-refractivity contribution is -0.120. The maximum Gasteiger partial charge on any atom is 0.239 e. The van der Waals surface area contributed by atoms with Crippen molar-refractivity contribution >= 4 is 11.6 Å². The van der Waals surface area contributed by atoms with Gasteiger partial charge >= 0.3 is 0 Å². The first kappa shape index (κ1) is 13.9. The molecule has 0 aliphatic carbocycles. The summed E-state index contributed by atoms with van der Waals surface area (Å²) >= 11 is 0. The molecule has 1 amide bonds. The third-order valence-electron chi connectivity index (χ3n) is 3.67. The van der Waals surface area contributed by atoms with E-state index in [1.165, 1.54) is 11.3 Å². The van der Waals surface area contributed by atoms with Crippen molar-refractivity contribution in [3.05, 3.63) is 29.3 Å². The highest BCUT2D eigenvalue weighted by Gasteiger charge is 2.20. The maximum absolute atomic E-state index is 11.6. The number of fused-ring (bicyclic) bond motifs is 1. The Balaban J connectivity index is 2.26. The number of benzene rings is 1. The van der Waals surface area contributed by atoms with Crippen LogP contribution in [0.15, 0.2) is 18.2 Å². The van der Waals surface area contributed by atoms with Crippen molar-refractivity contribution in [2.24, 2.45) is 5.73 Å². The van der Waals surface area contributed by atoms with Crippen molar-refractivity contribution in [2.45, 2.75) is 32.2 Å². The van der Waals surface area contributed by atoms with E-state index in [0.29, 0.717) is 0 Å². The molecular formula is C15H23N3O. The highest BCUT2D eigenvalue weighted by molar-refractivity contribution is 5.81. The molecule has 1 aromatic rings. The fraction of sp³-hybridized carbons (Fsp3) is 0.533. The first-order valence-electron chi connectivity index (χ1n) is 7.00. The predicted octanol–water partition coefficient (Wildman–Crippen LogP) is 1.59. The molecule has 4 heteroatoms. The zero-order chi connectivity index (χ0) is 13.8. The smallest absolute Gasteiger partial charge is 0.239 e. The second kappa shape index (κ2) is 6.06. The van der Waals surface area contributed by atoms with Gasteiger partial charge in [0.15, 0.2) is 0 Å². The van der Waals surface area contributed by atoms with Crippen LogP contribution in [-0.4, -0.2) is 26.0 Å². The first-order valence-corrected chi connectivity index (χ1v) is 7.00. The molecule has 0 radical (unpaired) electrons. The summed E-state index contributed by atoms with van der Waals surface area (Å²) in [6.07, 6.45) is 3.22. The number of hydrogen-bond donors (Lipinski definition) is 2. The maximum atomic E-state index is 11.6. The van der Waals surface area contributed by atoms with Gasteiger partial charge in [-0.2, -0.15) is 0 Å². The number of hydrogen-bond acceptors (Lipinski definition) is 3. The van der Waals surface area contributed by atoms with Gasteiger partial charge in [-0.3, -0.25) is 4.79 Å². The van der Waals surface area contributed by atoms with Gasteiger partial charge in [0.1, 0.15) is 6.04 Å². The fourth-order valence-electron chi connectivity index (χ4n) is 2.66. The zero-order valence-electron chi connectivity index (χ0n) is 11.8. The molecule has 0 saturated carbocycles. The summed E-state index contributed by atoms with van der Waals surface area (Å²) in [4.78, 5) is 13.9. The average Bonchev–Trinajstić information content (AvgIpc) is 2.39. The molecule has 2 rings (SSSR count). The van der Waals surface area contributed by atoms with Gasteiger partial charge in [0.2, 0.25) is 5.91 Å². The summed E-state index contributed by atoms with van der Waals surface area (Å²) in [7, 11) is 2.11. The third kappa shape index (κ3) is 3.07. The molecule has 0 bridgehead atoms. The molecule has 1 aliphatic rings. The number of aryl methyl sites for hydroxylation is 1. The molecule has 1 aliphatic heterocycles. The minimum absolute atomic E-state index is 0.308. The van der Waals surface area contributed by atoms with E-state index in [4.69, 9.17) is 5.73 Å². The average molecular weight is 261 g/mol. The van der Waals surface area contributed by atoms with Crippen molar-refractivity contribution in [2.75, 3.05) is 25.0 Å². The van der Waals surface area contributed by atoms with Crippen LogP contribution in [0.3, 0.4) is 0 Å². The van der Waals surface area contributed by atoms with E-state index in [2.05, 4.69) is 36.3 Å². The van der Waals surface area contributed by atoms with Crippen molar-refractivity contribution in [3.63, 3.8) is 0 Å². The molecule has 3 N–H and O–H groups in total. The Labute approximate surface area is 115 Å². The number of carbonyl (C=O) groups excluding carboxylic acids is 1. The lowest BCUT2D eigenvalue weighted by Crippen LogP contribution is -2.34. The number of primary amides is 1. The van der Waals surface area contributed by atoms with E-state index >= 15 is 0 Å². The molecule has 19 heavy (non-hydrogen) atoms. The Hall–Kier alpha value is -1.55. The lowest BCUT2D eigenvalue weighted by Gasteiger charge is -2.28. The molecule has 1 aromatic carbocycles. The van der Waals surface area contributed by atoms with E-state index in [0.717, 1.165) is 37.9 Å².